The molecule has 0 bridgehead atoms. The van der Waals surface area contributed by atoms with Crippen LogP contribution in [0.3, 0.4) is 0 Å². The third-order valence-electron chi connectivity index (χ3n) is 0. The molecular formula is C6H16BaN2. The van der Waals surface area contributed by atoms with Gasteiger partial charge >= 0.3 is 48.9 Å². The Morgan fingerprint density at radius 1 is 0.778 bits per heavy atom. The van der Waals surface area contributed by atoms with Gasteiger partial charge in [-0.3, -0.25) is 0 Å². The van der Waals surface area contributed by atoms with E-state index in [1.54, 1.807) is 0 Å². The average Bonchev–Trinajstić information content (AvgIpc) is 1.25. The van der Waals surface area contributed by atoms with Gasteiger partial charge in [-0.15, -0.1) is 12.1 Å². The van der Waals surface area contributed by atoms with Gasteiger partial charge in [-0.2, -0.15) is 0 Å². The van der Waals surface area contributed by atoms with Crippen LogP contribution in [0.1, 0.15) is 27.7 Å². The van der Waals surface area contributed by atoms with Crippen molar-refractivity contribution in [2.24, 2.45) is 0 Å². The Morgan fingerprint density at radius 3 is 0.778 bits per heavy atom. The first-order chi connectivity index (χ1) is 3.46. The summed E-state index contributed by atoms with van der Waals surface area (Å²) >= 11 is 0. The minimum atomic E-state index is 0. The maximum atomic E-state index is 6.58. The fourth-order valence-electron chi connectivity index (χ4n) is 0. The van der Waals surface area contributed by atoms with Crippen molar-refractivity contribution in [3.8, 4) is 0 Å². The summed E-state index contributed by atoms with van der Waals surface area (Å²) in [6.07, 6.45) is 0. The molecule has 0 fully saturated rings. The molecule has 0 aromatic heterocycles. The van der Waals surface area contributed by atoms with E-state index < -0.39 is 0 Å². The summed E-state index contributed by atoms with van der Waals surface area (Å²) in [5.74, 6) is 0. The monoisotopic (exact) mass is 254 g/mol. The largest absolute Gasteiger partial charge is 2.00 e. The summed E-state index contributed by atoms with van der Waals surface area (Å²) in [4.78, 5) is 0. The third kappa shape index (κ3) is 239. The Bertz CT molecular complexity index is 26.5. The van der Waals surface area contributed by atoms with Gasteiger partial charge in [0.1, 0.15) is 0 Å². The summed E-state index contributed by atoms with van der Waals surface area (Å²) in [6.45, 7) is 7.33. The standard InChI is InChI=1S/2C3H8N.Ba/c2*1-3(2)4;/h2*3-4H,1-2H3;/q2*-1;+2. The van der Waals surface area contributed by atoms with Gasteiger partial charge in [-0.05, 0) is 0 Å². The Hall–Kier alpha value is 1.49. The second-order valence-corrected chi connectivity index (χ2v) is 2.31. The predicted molar refractivity (Wildman–Crippen MR) is 44.7 cm³/mol. The first kappa shape index (κ1) is 16.8. The molecule has 0 radical (unpaired) electrons. The van der Waals surface area contributed by atoms with Crippen LogP contribution < -0.4 is 0 Å². The van der Waals surface area contributed by atoms with E-state index in [2.05, 4.69) is 0 Å². The molecule has 0 aliphatic heterocycles. The first-order valence-corrected chi connectivity index (χ1v) is 2.89. The fourth-order valence-corrected chi connectivity index (χ4v) is 0. The Balaban J connectivity index is -0.0000000720. The van der Waals surface area contributed by atoms with Crippen molar-refractivity contribution in [3.63, 3.8) is 0 Å². The zero-order valence-electron chi connectivity index (χ0n) is 6.86. The van der Waals surface area contributed by atoms with Crippen molar-refractivity contribution in [2.45, 2.75) is 39.8 Å². The van der Waals surface area contributed by atoms with Gasteiger partial charge < -0.3 is 11.5 Å². The van der Waals surface area contributed by atoms with Gasteiger partial charge in [0, 0.05) is 0 Å². The van der Waals surface area contributed by atoms with Crippen LogP contribution in [0.5, 0.6) is 0 Å². The molecule has 0 saturated heterocycles. The SMILES string of the molecule is CC(C)[NH-].CC(C)[NH-].[Ba+2]. The van der Waals surface area contributed by atoms with Crippen LogP contribution in [-0.4, -0.2) is 61.0 Å². The average molecular weight is 254 g/mol. The van der Waals surface area contributed by atoms with Crippen LogP contribution in [0.15, 0.2) is 0 Å². The normalized spacial score (nSPS) is 8.00. The summed E-state index contributed by atoms with van der Waals surface area (Å²) in [7, 11) is 0. The Kier molecular flexibility index (Phi) is 22.8. The topological polar surface area (TPSA) is 47.6 Å². The molecule has 9 heavy (non-hydrogen) atoms. The fraction of sp³-hybridized carbons (Fsp3) is 1.00. The minimum absolute atomic E-state index is 0. The van der Waals surface area contributed by atoms with Gasteiger partial charge in [0.25, 0.3) is 0 Å². The van der Waals surface area contributed by atoms with Crippen LogP contribution in [0.25, 0.3) is 11.5 Å². The zero-order chi connectivity index (χ0) is 7.15. The van der Waals surface area contributed by atoms with Crippen LogP contribution in [0.4, 0.5) is 0 Å². The summed E-state index contributed by atoms with van der Waals surface area (Å²) in [5, 5.41) is 0. The smallest absolute Gasteiger partial charge is 0.675 e. The van der Waals surface area contributed by atoms with Crippen molar-refractivity contribution < 1.29 is 0 Å². The van der Waals surface area contributed by atoms with Crippen molar-refractivity contribution in [1.29, 1.82) is 0 Å². The molecular weight excluding hydrogens is 237 g/mol. The van der Waals surface area contributed by atoms with E-state index in [1.807, 2.05) is 27.7 Å². The van der Waals surface area contributed by atoms with Gasteiger partial charge in [-0.25, -0.2) is 0 Å². The van der Waals surface area contributed by atoms with E-state index in [0.717, 1.165) is 0 Å². The van der Waals surface area contributed by atoms with E-state index in [9.17, 15) is 0 Å². The van der Waals surface area contributed by atoms with Gasteiger partial charge in [-0.1, -0.05) is 27.7 Å². The van der Waals surface area contributed by atoms with Crippen LogP contribution >= 0.6 is 0 Å². The van der Waals surface area contributed by atoms with Gasteiger partial charge in [0.05, 0.1) is 0 Å². The maximum absolute atomic E-state index is 6.58. The van der Waals surface area contributed by atoms with Crippen molar-refractivity contribution in [1.82, 2.24) is 0 Å². The minimum Gasteiger partial charge on any atom is -0.675 e. The molecule has 2 N–H and O–H groups in total. The van der Waals surface area contributed by atoms with E-state index in [-0.39, 0.29) is 61.0 Å². The number of hydrogen-bond acceptors (Lipinski definition) is 0. The number of nitrogens with one attached hydrogen (secondary N) is 2. The van der Waals surface area contributed by atoms with E-state index in [4.69, 9.17) is 11.5 Å². The van der Waals surface area contributed by atoms with E-state index >= 15 is 0 Å². The molecule has 0 aromatic carbocycles. The number of rotatable bonds is 0. The molecule has 0 aliphatic rings. The third-order valence-corrected chi connectivity index (χ3v) is 0. The molecule has 0 aromatic rings. The molecule has 0 unspecified atom stereocenters. The van der Waals surface area contributed by atoms with Gasteiger partial charge in [0.2, 0.25) is 0 Å². The molecule has 0 heterocycles. The van der Waals surface area contributed by atoms with Gasteiger partial charge in [0.15, 0.2) is 0 Å². The summed E-state index contributed by atoms with van der Waals surface area (Å²) in [6, 6.07) is 0.167. The molecule has 0 atom stereocenters. The molecule has 0 rings (SSSR count). The maximum Gasteiger partial charge on any atom is 2.00 e. The second-order valence-electron chi connectivity index (χ2n) is 2.31. The second kappa shape index (κ2) is 12.2. The predicted octanol–water partition coefficient (Wildman–Crippen LogP) is 2.51. The molecule has 52 valence electrons. The molecule has 0 aliphatic carbocycles. The van der Waals surface area contributed by atoms with Crippen molar-refractivity contribution >= 4 is 48.9 Å². The first-order valence-electron chi connectivity index (χ1n) is 2.89. The Morgan fingerprint density at radius 2 is 0.778 bits per heavy atom. The molecule has 0 amide bonds. The van der Waals surface area contributed by atoms with Crippen LogP contribution in [0.2, 0.25) is 0 Å². The van der Waals surface area contributed by atoms with Crippen LogP contribution in [0, 0.1) is 0 Å². The van der Waals surface area contributed by atoms with Crippen molar-refractivity contribution in [2.75, 3.05) is 0 Å². The van der Waals surface area contributed by atoms with Crippen LogP contribution in [-0.2, 0) is 0 Å². The molecule has 2 nitrogen and oxygen atoms in total. The summed E-state index contributed by atoms with van der Waals surface area (Å²) < 4.78 is 0. The van der Waals surface area contributed by atoms with Crippen molar-refractivity contribution in [3.05, 3.63) is 11.5 Å². The summed E-state index contributed by atoms with van der Waals surface area (Å²) in [5.41, 5.74) is 13.2. The zero-order valence-corrected chi connectivity index (χ0v) is 11.3. The van der Waals surface area contributed by atoms with E-state index in [0.29, 0.717) is 0 Å². The molecule has 0 saturated carbocycles. The van der Waals surface area contributed by atoms with E-state index in [1.165, 1.54) is 0 Å². The molecule has 3 heteroatoms. The molecule has 0 spiro atoms. The quantitative estimate of drug-likeness (QED) is 0.596. The number of hydrogen-bond donors (Lipinski definition) is 0. The Labute approximate surface area is 98.8 Å².